The molecule has 4 rings (SSSR count). The number of hydrogen-bond acceptors (Lipinski definition) is 2. The number of benzene rings is 3. The Morgan fingerprint density at radius 3 is 1.93 bits per heavy atom. The van der Waals surface area contributed by atoms with Crippen LogP contribution in [0.1, 0.15) is 15.9 Å². The minimum Gasteiger partial charge on any atom is -0.342 e. The third kappa shape index (κ3) is 4.14. The summed E-state index contributed by atoms with van der Waals surface area (Å²) in [7, 11) is 0. The van der Waals surface area contributed by atoms with Gasteiger partial charge < -0.3 is 4.57 Å². The Balaban J connectivity index is 1.72. The van der Waals surface area contributed by atoms with E-state index in [-0.39, 0.29) is 11.6 Å². The number of amides is 1. The molecule has 1 amide bonds. The van der Waals surface area contributed by atoms with Gasteiger partial charge in [-0.3, -0.25) is 10.0 Å². The van der Waals surface area contributed by atoms with Crippen molar-refractivity contribution < 1.29 is 18.8 Å². The summed E-state index contributed by atoms with van der Waals surface area (Å²) in [5, 5.41) is 8.75. The molecule has 0 bridgehead atoms. The van der Waals surface area contributed by atoms with E-state index in [1.54, 1.807) is 54.0 Å². The first-order chi connectivity index (χ1) is 14.5. The van der Waals surface area contributed by atoms with Crippen molar-refractivity contribution in [2.45, 2.75) is 6.54 Å². The molecule has 0 radical (unpaired) electrons. The molecule has 30 heavy (non-hydrogen) atoms. The topological polar surface area (TPSA) is 54.3 Å². The maximum atomic E-state index is 13.4. The van der Waals surface area contributed by atoms with Crippen molar-refractivity contribution in [1.82, 2.24) is 10.0 Å². The molecule has 4 nitrogen and oxygen atoms in total. The normalized spacial score (nSPS) is 10.8. The summed E-state index contributed by atoms with van der Waals surface area (Å²) in [6.45, 7) is 0.509. The molecule has 4 aromatic rings. The van der Waals surface area contributed by atoms with Gasteiger partial charge in [-0.2, -0.15) is 0 Å². The fourth-order valence-corrected chi connectivity index (χ4v) is 3.33. The molecule has 0 saturated carbocycles. The van der Waals surface area contributed by atoms with E-state index in [1.807, 2.05) is 16.8 Å². The minimum atomic E-state index is -0.576. The van der Waals surface area contributed by atoms with Crippen LogP contribution in [0.25, 0.3) is 22.4 Å². The summed E-state index contributed by atoms with van der Waals surface area (Å²) in [6, 6.07) is 21.3. The van der Waals surface area contributed by atoms with Gasteiger partial charge in [0.15, 0.2) is 0 Å². The molecule has 0 aliphatic rings. The summed E-state index contributed by atoms with van der Waals surface area (Å²) in [4.78, 5) is 11.5. The van der Waals surface area contributed by atoms with E-state index in [0.717, 1.165) is 27.9 Å². The summed E-state index contributed by atoms with van der Waals surface area (Å²) < 4.78 is 28.7. The SMILES string of the molecule is O=C(NO)c1ccc(Cn2cc(-c3ccc(F)cc3)cc2-c2ccc(F)cc2)cc1. The van der Waals surface area contributed by atoms with Gasteiger partial charge in [0.05, 0.1) is 0 Å². The van der Waals surface area contributed by atoms with Gasteiger partial charge in [0.2, 0.25) is 0 Å². The Bertz CT molecular complexity index is 1170. The first kappa shape index (κ1) is 19.5. The second-order valence-electron chi connectivity index (χ2n) is 6.89. The molecule has 0 unspecified atom stereocenters. The molecule has 0 spiro atoms. The van der Waals surface area contributed by atoms with Crippen LogP contribution in [0.2, 0.25) is 0 Å². The van der Waals surface area contributed by atoms with Crippen molar-refractivity contribution in [2.24, 2.45) is 0 Å². The predicted octanol–water partition coefficient (Wildman–Crippen LogP) is 5.27. The average Bonchev–Trinajstić information content (AvgIpc) is 3.18. The number of nitrogens with zero attached hydrogens (tertiary/aromatic N) is 1. The van der Waals surface area contributed by atoms with Gasteiger partial charge in [-0.05, 0) is 76.9 Å². The van der Waals surface area contributed by atoms with E-state index in [9.17, 15) is 13.6 Å². The van der Waals surface area contributed by atoms with Gasteiger partial charge in [-0.25, -0.2) is 14.3 Å². The molecule has 1 heterocycles. The quantitative estimate of drug-likeness (QED) is 0.352. The number of aromatic nitrogens is 1. The number of hydrogen-bond donors (Lipinski definition) is 2. The van der Waals surface area contributed by atoms with Gasteiger partial charge in [-0.1, -0.05) is 24.3 Å². The maximum Gasteiger partial charge on any atom is 0.274 e. The molecular formula is C24H18F2N2O2. The van der Waals surface area contributed by atoms with Crippen molar-refractivity contribution in [3.63, 3.8) is 0 Å². The maximum absolute atomic E-state index is 13.4. The molecule has 0 fully saturated rings. The predicted molar refractivity (Wildman–Crippen MR) is 110 cm³/mol. The number of rotatable bonds is 5. The van der Waals surface area contributed by atoms with E-state index >= 15 is 0 Å². The summed E-state index contributed by atoms with van der Waals surface area (Å²) in [5.41, 5.74) is 6.40. The van der Waals surface area contributed by atoms with Crippen molar-refractivity contribution in [1.29, 1.82) is 0 Å². The van der Waals surface area contributed by atoms with Crippen molar-refractivity contribution in [3.05, 3.63) is 108 Å². The zero-order valence-electron chi connectivity index (χ0n) is 15.8. The highest BCUT2D eigenvalue weighted by atomic mass is 19.1. The zero-order valence-corrected chi connectivity index (χ0v) is 15.8. The Morgan fingerprint density at radius 1 is 0.800 bits per heavy atom. The highest BCUT2D eigenvalue weighted by molar-refractivity contribution is 5.93. The number of carbonyl (C=O) groups excluding carboxylic acids is 1. The Labute approximate surface area is 172 Å². The summed E-state index contributed by atoms with van der Waals surface area (Å²) in [6.07, 6.45) is 1.96. The average molecular weight is 404 g/mol. The molecule has 1 aromatic heterocycles. The van der Waals surface area contributed by atoms with Crippen LogP contribution in [-0.4, -0.2) is 15.7 Å². The van der Waals surface area contributed by atoms with Gasteiger partial charge in [-0.15, -0.1) is 0 Å². The fraction of sp³-hybridized carbons (Fsp3) is 0.0417. The molecular weight excluding hydrogens is 386 g/mol. The molecule has 6 heteroatoms. The minimum absolute atomic E-state index is 0.302. The van der Waals surface area contributed by atoms with Gasteiger partial charge in [0.25, 0.3) is 5.91 Å². The Kier molecular flexibility index (Phi) is 5.41. The van der Waals surface area contributed by atoms with Crippen LogP contribution in [0, 0.1) is 11.6 Å². The van der Waals surface area contributed by atoms with Crippen molar-refractivity contribution >= 4 is 5.91 Å². The van der Waals surface area contributed by atoms with E-state index in [2.05, 4.69) is 0 Å². The molecule has 2 N–H and O–H groups in total. The summed E-state index contributed by atoms with van der Waals surface area (Å²) >= 11 is 0. The lowest BCUT2D eigenvalue weighted by molar-refractivity contribution is 0.0706. The second kappa shape index (κ2) is 8.31. The molecule has 0 saturated heterocycles. The first-order valence-electron chi connectivity index (χ1n) is 9.29. The van der Waals surface area contributed by atoms with E-state index in [4.69, 9.17) is 5.21 Å². The molecule has 0 aliphatic heterocycles. The number of halogens is 2. The lowest BCUT2D eigenvalue weighted by Gasteiger charge is -2.10. The van der Waals surface area contributed by atoms with Crippen LogP contribution in [-0.2, 0) is 6.54 Å². The van der Waals surface area contributed by atoms with Crippen LogP contribution >= 0.6 is 0 Å². The number of nitrogens with one attached hydrogen (secondary N) is 1. The van der Waals surface area contributed by atoms with Gasteiger partial charge in [0, 0.05) is 24.0 Å². The highest BCUT2D eigenvalue weighted by Crippen LogP contribution is 2.30. The molecule has 3 aromatic carbocycles. The summed E-state index contributed by atoms with van der Waals surface area (Å²) in [5.74, 6) is -1.19. The van der Waals surface area contributed by atoms with Crippen molar-refractivity contribution in [3.8, 4) is 22.4 Å². The number of hydroxylamine groups is 1. The highest BCUT2D eigenvalue weighted by Gasteiger charge is 2.11. The monoisotopic (exact) mass is 404 g/mol. The molecule has 150 valence electrons. The standard InChI is InChI=1S/C24H18F2N2O2/c25-21-9-5-17(6-10-21)20-13-23(18-7-11-22(26)12-8-18)28(15-20)14-16-1-3-19(4-2-16)24(29)27-30/h1-13,15,30H,14H2,(H,27,29). The number of carbonyl (C=O) groups is 1. The van der Waals surface area contributed by atoms with Crippen LogP contribution in [0.5, 0.6) is 0 Å². The fourth-order valence-electron chi connectivity index (χ4n) is 3.33. The lowest BCUT2D eigenvalue weighted by atomic mass is 10.1. The van der Waals surface area contributed by atoms with Crippen LogP contribution in [0.3, 0.4) is 0 Å². The van der Waals surface area contributed by atoms with E-state index in [1.165, 1.54) is 24.3 Å². The van der Waals surface area contributed by atoms with Gasteiger partial charge >= 0.3 is 0 Å². The van der Waals surface area contributed by atoms with Crippen LogP contribution < -0.4 is 5.48 Å². The van der Waals surface area contributed by atoms with Crippen LogP contribution in [0.4, 0.5) is 8.78 Å². The second-order valence-corrected chi connectivity index (χ2v) is 6.89. The Hall–Kier alpha value is -3.77. The van der Waals surface area contributed by atoms with Crippen molar-refractivity contribution in [2.75, 3.05) is 0 Å². The largest absolute Gasteiger partial charge is 0.342 e. The zero-order chi connectivity index (χ0) is 21.1. The third-order valence-corrected chi connectivity index (χ3v) is 4.88. The smallest absolute Gasteiger partial charge is 0.274 e. The lowest BCUT2D eigenvalue weighted by Crippen LogP contribution is -2.18. The van der Waals surface area contributed by atoms with E-state index < -0.39 is 5.91 Å². The van der Waals surface area contributed by atoms with Gasteiger partial charge in [0.1, 0.15) is 11.6 Å². The Morgan fingerprint density at radius 2 is 1.37 bits per heavy atom. The molecule has 0 aliphatic carbocycles. The van der Waals surface area contributed by atoms with E-state index in [0.29, 0.717) is 12.1 Å². The third-order valence-electron chi connectivity index (χ3n) is 4.88. The molecule has 0 atom stereocenters. The van der Waals surface area contributed by atoms with Crippen LogP contribution in [0.15, 0.2) is 85.1 Å². The first-order valence-corrected chi connectivity index (χ1v) is 9.29.